The fourth-order valence-corrected chi connectivity index (χ4v) is 1.71. The van der Waals surface area contributed by atoms with Crippen molar-refractivity contribution in [2.45, 2.75) is 0 Å². The first-order chi connectivity index (χ1) is 9.08. The first-order valence-corrected chi connectivity index (χ1v) is 5.74. The second kappa shape index (κ2) is 5.49. The third kappa shape index (κ3) is 3.08. The van der Waals surface area contributed by atoms with E-state index in [0.717, 1.165) is 12.3 Å². The van der Waals surface area contributed by atoms with E-state index in [4.69, 9.17) is 11.6 Å². The van der Waals surface area contributed by atoms with Crippen LogP contribution in [0.3, 0.4) is 0 Å². The summed E-state index contributed by atoms with van der Waals surface area (Å²) in [5, 5.41) is -0.0358. The lowest BCUT2D eigenvalue weighted by Crippen LogP contribution is -2.23. The average Bonchev–Trinajstić information content (AvgIpc) is 2.39. The number of aromatic nitrogens is 2. The second-order valence-corrected chi connectivity index (χ2v) is 4.12. The van der Waals surface area contributed by atoms with Crippen molar-refractivity contribution in [3.05, 3.63) is 74.6 Å². The van der Waals surface area contributed by atoms with E-state index < -0.39 is 11.2 Å². The highest BCUT2D eigenvalue weighted by molar-refractivity contribution is 6.50. The van der Waals surface area contributed by atoms with E-state index in [2.05, 4.69) is 4.98 Å². The summed E-state index contributed by atoms with van der Waals surface area (Å²) in [6, 6.07) is 8.51. The predicted octanol–water partition coefficient (Wildman–Crippen LogP) is 1.53. The molecule has 2 aromatic rings. The maximum atomic E-state index is 11.9. The smallest absolute Gasteiger partial charge is 0.313 e. The molecule has 0 aliphatic rings. The van der Waals surface area contributed by atoms with Gasteiger partial charge in [0.25, 0.3) is 5.56 Å². The van der Waals surface area contributed by atoms with Crippen LogP contribution in [0.2, 0.25) is 0 Å². The molecule has 1 aromatic carbocycles. The fraction of sp³-hybridized carbons (Fsp3) is 0. The SMILES string of the molecule is O=C(C=C(Cl)c1c[nH]c(=O)[nH]c1=O)c1ccccc1. The molecule has 5 nitrogen and oxygen atoms in total. The molecule has 0 atom stereocenters. The van der Waals surface area contributed by atoms with Crippen LogP contribution in [0.5, 0.6) is 0 Å². The number of ketones is 1. The van der Waals surface area contributed by atoms with Gasteiger partial charge in [-0.3, -0.25) is 14.6 Å². The maximum absolute atomic E-state index is 11.9. The zero-order valence-corrected chi connectivity index (χ0v) is 10.4. The Balaban J connectivity index is 2.36. The van der Waals surface area contributed by atoms with Crippen molar-refractivity contribution < 1.29 is 4.79 Å². The summed E-state index contributed by atoms with van der Waals surface area (Å²) in [7, 11) is 0. The van der Waals surface area contributed by atoms with Crippen molar-refractivity contribution in [2.24, 2.45) is 0 Å². The van der Waals surface area contributed by atoms with E-state index in [-0.39, 0.29) is 16.4 Å². The van der Waals surface area contributed by atoms with Gasteiger partial charge in [-0.1, -0.05) is 41.9 Å². The number of allylic oxidation sites excluding steroid dienone is 1. The Morgan fingerprint density at radius 3 is 2.47 bits per heavy atom. The lowest BCUT2D eigenvalue weighted by atomic mass is 10.1. The number of rotatable bonds is 3. The van der Waals surface area contributed by atoms with Gasteiger partial charge in [0.2, 0.25) is 0 Å². The molecule has 0 saturated heterocycles. The summed E-state index contributed by atoms with van der Waals surface area (Å²) >= 11 is 5.91. The highest BCUT2D eigenvalue weighted by atomic mass is 35.5. The van der Waals surface area contributed by atoms with E-state index in [1.54, 1.807) is 30.3 Å². The van der Waals surface area contributed by atoms with Crippen molar-refractivity contribution in [3.63, 3.8) is 0 Å². The van der Waals surface area contributed by atoms with Gasteiger partial charge in [0.15, 0.2) is 5.78 Å². The monoisotopic (exact) mass is 276 g/mol. The van der Waals surface area contributed by atoms with Crippen LogP contribution in [0.1, 0.15) is 15.9 Å². The minimum absolute atomic E-state index is 0.0329. The van der Waals surface area contributed by atoms with Gasteiger partial charge in [-0.2, -0.15) is 0 Å². The van der Waals surface area contributed by atoms with E-state index in [1.807, 2.05) is 4.98 Å². The molecule has 19 heavy (non-hydrogen) atoms. The first-order valence-electron chi connectivity index (χ1n) is 5.37. The van der Waals surface area contributed by atoms with Gasteiger partial charge >= 0.3 is 5.69 Å². The van der Waals surface area contributed by atoms with Gasteiger partial charge < -0.3 is 4.98 Å². The lowest BCUT2D eigenvalue weighted by molar-refractivity contribution is 0.104. The molecule has 0 spiro atoms. The number of nitrogens with one attached hydrogen (secondary N) is 2. The number of hydrogen-bond acceptors (Lipinski definition) is 3. The molecule has 0 aliphatic heterocycles. The van der Waals surface area contributed by atoms with Gasteiger partial charge in [-0.15, -0.1) is 0 Å². The molecule has 96 valence electrons. The second-order valence-electron chi connectivity index (χ2n) is 3.71. The topological polar surface area (TPSA) is 82.8 Å². The van der Waals surface area contributed by atoms with Gasteiger partial charge in [0.1, 0.15) is 0 Å². The number of carbonyl (C=O) groups is 1. The highest BCUT2D eigenvalue weighted by Gasteiger charge is 2.08. The molecule has 1 heterocycles. The lowest BCUT2D eigenvalue weighted by Gasteiger charge is -1.98. The molecular formula is C13H9ClN2O3. The molecule has 0 unspecified atom stereocenters. The van der Waals surface area contributed by atoms with Crippen LogP contribution >= 0.6 is 11.6 Å². The third-order valence-electron chi connectivity index (χ3n) is 2.39. The standard InChI is InChI=1S/C13H9ClN2O3/c14-10(9-7-15-13(19)16-12(9)18)6-11(17)8-4-2-1-3-5-8/h1-7H,(H2,15,16,18,19). The largest absolute Gasteiger partial charge is 0.325 e. The quantitative estimate of drug-likeness (QED) is 0.659. The van der Waals surface area contributed by atoms with Crippen LogP contribution < -0.4 is 11.2 Å². The first kappa shape index (κ1) is 13.0. The molecule has 0 aliphatic carbocycles. The zero-order chi connectivity index (χ0) is 13.8. The molecule has 0 fully saturated rings. The number of carbonyl (C=O) groups excluding carboxylic acids is 1. The predicted molar refractivity (Wildman–Crippen MR) is 72.3 cm³/mol. The minimum Gasteiger partial charge on any atom is -0.313 e. The van der Waals surface area contributed by atoms with Crippen LogP contribution in [-0.4, -0.2) is 15.8 Å². The Morgan fingerprint density at radius 1 is 1.16 bits per heavy atom. The summed E-state index contributed by atoms with van der Waals surface area (Å²) in [6.07, 6.45) is 2.30. The number of aromatic amines is 2. The molecule has 2 N–H and O–H groups in total. The normalized spacial score (nSPS) is 11.3. The number of H-pyrrole nitrogens is 2. The number of hydrogen-bond donors (Lipinski definition) is 2. The van der Waals surface area contributed by atoms with Gasteiger partial charge in [-0.05, 0) is 0 Å². The Hall–Kier alpha value is -2.40. The maximum Gasteiger partial charge on any atom is 0.325 e. The molecule has 0 radical (unpaired) electrons. The van der Waals surface area contributed by atoms with Gasteiger partial charge in [0.05, 0.1) is 10.6 Å². The van der Waals surface area contributed by atoms with E-state index in [1.165, 1.54) is 0 Å². The summed E-state index contributed by atoms with van der Waals surface area (Å²) in [6.45, 7) is 0. The number of benzene rings is 1. The van der Waals surface area contributed by atoms with E-state index >= 15 is 0 Å². The molecule has 0 bridgehead atoms. The highest BCUT2D eigenvalue weighted by Crippen LogP contribution is 2.15. The van der Waals surface area contributed by atoms with E-state index in [0.29, 0.717) is 5.56 Å². The Bertz CT molecular complexity index is 744. The van der Waals surface area contributed by atoms with Crippen molar-refractivity contribution in [1.82, 2.24) is 9.97 Å². The number of halogens is 1. The van der Waals surface area contributed by atoms with Crippen molar-refractivity contribution in [3.8, 4) is 0 Å². The van der Waals surface area contributed by atoms with Crippen LogP contribution in [-0.2, 0) is 0 Å². The third-order valence-corrected chi connectivity index (χ3v) is 2.71. The van der Waals surface area contributed by atoms with E-state index in [9.17, 15) is 14.4 Å². The Labute approximate surface area is 112 Å². The molecule has 6 heteroatoms. The van der Waals surface area contributed by atoms with Crippen molar-refractivity contribution >= 4 is 22.4 Å². The average molecular weight is 277 g/mol. The Kier molecular flexibility index (Phi) is 3.77. The zero-order valence-electron chi connectivity index (χ0n) is 9.64. The van der Waals surface area contributed by atoms with Crippen LogP contribution in [0, 0.1) is 0 Å². The summed E-state index contributed by atoms with van der Waals surface area (Å²) < 4.78 is 0. The van der Waals surface area contributed by atoms with Crippen molar-refractivity contribution in [2.75, 3.05) is 0 Å². The van der Waals surface area contributed by atoms with Crippen molar-refractivity contribution in [1.29, 1.82) is 0 Å². The van der Waals surface area contributed by atoms with Gasteiger partial charge in [-0.25, -0.2) is 4.79 Å². The molecule has 0 saturated carbocycles. The van der Waals surface area contributed by atoms with Crippen LogP contribution in [0.4, 0.5) is 0 Å². The molecule has 1 aromatic heterocycles. The molecule has 0 amide bonds. The summed E-state index contributed by atoms with van der Waals surface area (Å²) in [5.41, 5.74) is -0.787. The Morgan fingerprint density at radius 2 is 1.84 bits per heavy atom. The molecule has 2 rings (SSSR count). The minimum atomic E-state index is -0.647. The fourth-order valence-electron chi connectivity index (χ4n) is 1.47. The van der Waals surface area contributed by atoms with Crippen LogP contribution in [0.15, 0.2) is 52.2 Å². The summed E-state index contributed by atoms with van der Waals surface area (Å²) in [4.78, 5) is 38.5. The molecular weight excluding hydrogens is 268 g/mol. The summed E-state index contributed by atoms with van der Waals surface area (Å²) in [5.74, 6) is -0.323. The van der Waals surface area contributed by atoms with Crippen LogP contribution in [0.25, 0.3) is 5.03 Å². The van der Waals surface area contributed by atoms with Gasteiger partial charge in [0, 0.05) is 17.8 Å².